The Morgan fingerprint density at radius 3 is 2.05 bits per heavy atom. The maximum atomic E-state index is 12.0. The lowest BCUT2D eigenvalue weighted by atomic mass is 10.1. The van der Waals surface area contributed by atoms with E-state index in [0.29, 0.717) is 6.42 Å². The van der Waals surface area contributed by atoms with Gasteiger partial charge >= 0.3 is 11.9 Å². The van der Waals surface area contributed by atoms with Gasteiger partial charge in [-0.3, -0.25) is 0 Å². The molecule has 2 aromatic carbocycles. The third-order valence-corrected chi connectivity index (χ3v) is 3.02. The fraction of sp³-hybridized carbons (Fsp3) is 0.176. The zero-order valence-electron chi connectivity index (χ0n) is 11.7. The van der Waals surface area contributed by atoms with E-state index in [1.165, 1.54) is 7.11 Å². The number of methoxy groups -OCH3 is 1. The predicted octanol–water partition coefficient (Wildman–Crippen LogP) is 2.87. The molecule has 4 nitrogen and oxygen atoms in total. The van der Waals surface area contributed by atoms with Gasteiger partial charge in [0.15, 0.2) is 0 Å². The van der Waals surface area contributed by atoms with Crippen molar-refractivity contribution in [2.75, 3.05) is 13.7 Å². The lowest BCUT2D eigenvalue weighted by Crippen LogP contribution is -2.14. The van der Waals surface area contributed by atoms with Gasteiger partial charge in [-0.15, -0.1) is 0 Å². The molecule has 0 aliphatic rings. The van der Waals surface area contributed by atoms with Crippen LogP contribution < -0.4 is 0 Å². The number of carbonyl (C=O) groups is 2. The molecule has 2 aromatic rings. The summed E-state index contributed by atoms with van der Waals surface area (Å²) in [7, 11) is 1.28. The minimum absolute atomic E-state index is 0.213. The normalized spacial score (nSPS) is 9.95. The van der Waals surface area contributed by atoms with Crippen LogP contribution in [0.3, 0.4) is 0 Å². The summed E-state index contributed by atoms with van der Waals surface area (Å²) in [5.74, 6) is -1.07. The summed E-state index contributed by atoms with van der Waals surface area (Å²) in [6, 6.07) is 16.2. The van der Waals surface area contributed by atoms with E-state index < -0.39 is 11.9 Å². The van der Waals surface area contributed by atoms with Gasteiger partial charge in [0.2, 0.25) is 0 Å². The van der Waals surface area contributed by atoms with Crippen LogP contribution in [-0.2, 0) is 15.9 Å². The molecular formula is C17H16O4. The smallest absolute Gasteiger partial charge is 0.339 e. The van der Waals surface area contributed by atoms with Crippen LogP contribution in [0, 0.1) is 0 Å². The molecule has 0 aliphatic heterocycles. The first-order valence-corrected chi connectivity index (χ1v) is 6.61. The monoisotopic (exact) mass is 284 g/mol. The average molecular weight is 284 g/mol. The van der Waals surface area contributed by atoms with Gasteiger partial charge in [-0.05, 0) is 17.7 Å². The summed E-state index contributed by atoms with van der Waals surface area (Å²) < 4.78 is 9.87. The Morgan fingerprint density at radius 2 is 1.43 bits per heavy atom. The second-order valence-corrected chi connectivity index (χ2v) is 4.41. The molecule has 0 N–H and O–H groups in total. The Balaban J connectivity index is 1.99. The minimum Gasteiger partial charge on any atom is -0.465 e. The number of rotatable bonds is 5. The van der Waals surface area contributed by atoms with Crippen molar-refractivity contribution in [3.8, 4) is 0 Å². The van der Waals surface area contributed by atoms with Gasteiger partial charge in [0, 0.05) is 6.42 Å². The van der Waals surface area contributed by atoms with Crippen molar-refractivity contribution in [3.63, 3.8) is 0 Å². The minimum atomic E-state index is -0.550. The van der Waals surface area contributed by atoms with Gasteiger partial charge < -0.3 is 9.47 Å². The molecule has 0 spiro atoms. The fourth-order valence-corrected chi connectivity index (χ4v) is 1.93. The molecule has 0 aromatic heterocycles. The average Bonchev–Trinajstić information content (AvgIpc) is 2.55. The summed E-state index contributed by atoms with van der Waals surface area (Å²) in [6.07, 6.45) is 0.632. The van der Waals surface area contributed by atoms with Crippen LogP contribution in [0.2, 0.25) is 0 Å². The highest BCUT2D eigenvalue weighted by Crippen LogP contribution is 2.12. The highest BCUT2D eigenvalue weighted by atomic mass is 16.5. The predicted molar refractivity (Wildman–Crippen MR) is 78.2 cm³/mol. The molecule has 0 atom stereocenters. The third-order valence-electron chi connectivity index (χ3n) is 3.02. The van der Waals surface area contributed by atoms with Crippen LogP contribution in [0.4, 0.5) is 0 Å². The highest BCUT2D eigenvalue weighted by Gasteiger charge is 2.17. The van der Waals surface area contributed by atoms with Gasteiger partial charge in [-0.1, -0.05) is 42.5 Å². The molecule has 0 aliphatic carbocycles. The molecule has 0 radical (unpaired) electrons. The van der Waals surface area contributed by atoms with Crippen molar-refractivity contribution in [2.24, 2.45) is 0 Å². The molecule has 0 heterocycles. The van der Waals surface area contributed by atoms with Crippen molar-refractivity contribution in [3.05, 3.63) is 71.3 Å². The van der Waals surface area contributed by atoms with Crippen molar-refractivity contribution < 1.29 is 19.1 Å². The molecule has 0 bridgehead atoms. The number of ether oxygens (including phenoxy) is 2. The molecule has 21 heavy (non-hydrogen) atoms. The number of esters is 2. The number of hydrogen-bond acceptors (Lipinski definition) is 4. The van der Waals surface area contributed by atoms with Crippen LogP contribution in [0.25, 0.3) is 0 Å². The summed E-state index contributed by atoms with van der Waals surface area (Å²) in [6.45, 7) is 0.262. The summed E-state index contributed by atoms with van der Waals surface area (Å²) in [5, 5.41) is 0. The van der Waals surface area contributed by atoms with Crippen molar-refractivity contribution in [1.29, 1.82) is 0 Å². The van der Waals surface area contributed by atoms with Crippen molar-refractivity contribution >= 4 is 11.9 Å². The van der Waals surface area contributed by atoms with E-state index in [0.717, 1.165) is 5.56 Å². The third kappa shape index (κ3) is 3.92. The molecule has 0 saturated heterocycles. The topological polar surface area (TPSA) is 52.6 Å². The van der Waals surface area contributed by atoms with Gasteiger partial charge in [0.05, 0.1) is 24.8 Å². The maximum Gasteiger partial charge on any atom is 0.339 e. The first-order chi connectivity index (χ1) is 10.2. The van der Waals surface area contributed by atoms with E-state index >= 15 is 0 Å². The summed E-state index contributed by atoms with van der Waals surface area (Å²) in [4.78, 5) is 23.7. The van der Waals surface area contributed by atoms with Gasteiger partial charge in [-0.2, -0.15) is 0 Å². The number of carbonyl (C=O) groups excluding carboxylic acids is 2. The van der Waals surface area contributed by atoms with Gasteiger partial charge in [-0.25, -0.2) is 9.59 Å². The molecule has 0 fully saturated rings. The molecule has 0 amide bonds. The van der Waals surface area contributed by atoms with Crippen LogP contribution in [0.15, 0.2) is 54.6 Å². The van der Waals surface area contributed by atoms with E-state index in [2.05, 4.69) is 4.74 Å². The Labute approximate surface area is 123 Å². The molecule has 4 heteroatoms. The van der Waals surface area contributed by atoms with Crippen LogP contribution in [0.5, 0.6) is 0 Å². The largest absolute Gasteiger partial charge is 0.465 e. The number of hydrogen-bond donors (Lipinski definition) is 0. The molecular weight excluding hydrogens is 268 g/mol. The Hall–Kier alpha value is -2.62. The second kappa shape index (κ2) is 7.24. The summed E-state index contributed by atoms with van der Waals surface area (Å²) >= 11 is 0. The van der Waals surface area contributed by atoms with E-state index in [4.69, 9.17) is 4.74 Å². The van der Waals surface area contributed by atoms with Gasteiger partial charge in [0.1, 0.15) is 0 Å². The molecule has 0 unspecified atom stereocenters. The van der Waals surface area contributed by atoms with Crippen LogP contribution in [-0.4, -0.2) is 25.7 Å². The Kier molecular flexibility index (Phi) is 5.10. The SMILES string of the molecule is COC(=O)c1ccccc1C(=O)OCCc1ccccc1. The van der Waals surface area contributed by atoms with Crippen LogP contribution in [0.1, 0.15) is 26.3 Å². The Bertz CT molecular complexity index is 620. The lowest BCUT2D eigenvalue weighted by molar-refractivity contribution is 0.0490. The first-order valence-electron chi connectivity index (χ1n) is 6.61. The van der Waals surface area contributed by atoms with Crippen LogP contribution >= 0.6 is 0 Å². The zero-order valence-corrected chi connectivity index (χ0v) is 11.7. The van der Waals surface area contributed by atoms with Crippen molar-refractivity contribution in [2.45, 2.75) is 6.42 Å². The van der Waals surface area contributed by atoms with E-state index in [9.17, 15) is 9.59 Å². The zero-order chi connectivity index (χ0) is 15.1. The fourth-order valence-electron chi connectivity index (χ4n) is 1.93. The number of benzene rings is 2. The first kappa shape index (κ1) is 14.8. The molecule has 2 rings (SSSR count). The van der Waals surface area contributed by atoms with E-state index in [1.54, 1.807) is 24.3 Å². The van der Waals surface area contributed by atoms with E-state index in [-0.39, 0.29) is 17.7 Å². The Morgan fingerprint density at radius 1 is 0.857 bits per heavy atom. The van der Waals surface area contributed by atoms with Crippen molar-refractivity contribution in [1.82, 2.24) is 0 Å². The molecule has 0 saturated carbocycles. The molecule has 108 valence electrons. The quantitative estimate of drug-likeness (QED) is 0.792. The second-order valence-electron chi connectivity index (χ2n) is 4.41. The summed E-state index contributed by atoms with van der Waals surface area (Å²) in [5.41, 5.74) is 1.52. The van der Waals surface area contributed by atoms with E-state index in [1.807, 2.05) is 30.3 Å². The van der Waals surface area contributed by atoms with Gasteiger partial charge in [0.25, 0.3) is 0 Å². The highest BCUT2D eigenvalue weighted by molar-refractivity contribution is 6.03. The maximum absolute atomic E-state index is 12.0. The standard InChI is InChI=1S/C17H16O4/c1-20-16(18)14-9-5-6-10-15(14)17(19)21-12-11-13-7-3-2-4-8-13/h2-10H,11-12H2,1H3. The lowest BCUT2D eigenvalue weighted by Gasteiger charge is -2.08.